The van der Waals surface area contributed by atoms with Crippen LogP contribution in [0.2, 0.25) is 0 Å². The number of benzene rings is 2. The molecule has 0 saturated carbocycles. The number of sulfonamides is 1. The van der Waals surface area contributed by atoms with Crippen LogP contribution in [0, 0.1) is 0 Å². The maximum atomic E-state index is 12.8. The maximum Gasteiger partial charge on any atom is 0.322 e. The molecule has 3 aromatic rings. The van der Waals surface area contributed by atoms with Gasteiger partial charge in [0.25, 0.3) is 5.91 Å². The standard InChI is InChI=1S/C24H30N4O6S2/c1-5-7-16-28(6-2)36(32,33)21-14-8-18(9-15-21)22(29)25-24-27-26-23(34-24)19-10-12-20(13-11-19)35(30,31)17(3)4/h8-15,17H,5-7,16H2,1-4H3,(H,25,27,29). The van der Waals surface area contributed by atoms with Gasteiger partial charge in [0.2, 0.25) is 15.9 Å². The Hall–Kier alpha value is -3.09. The molecule has 0 spiro atoms. The van der Waals surface area contributed by atoms with Crippen LogP contribution >= 0.6 is 0 Å². The van der Waals surface area contributed by atoms with Crippen LogP contribution in [0.4, 0.5) is 6.01 Å². The van der Waals surface area contributed by atoms with Crippen molar-refractivity contribution in [3.63, 3.8) is 0 Å². The van der Waals surface area contributed by atoms with E-state index in [0.717, 1.165) is 12.8 Å². The molecule has 0 unspecified atom stereocenters. The van der Waals surface area contributed by atoms with Crippen LogP contribution in [-0.2, 0) is 19.9 Å². The number of anilines is 1. The van der Waals surface area contributed by atoms with Crippen molar-refractivity contribution in [2.45, 2.75) is 55.6 Å². The summed E-state index contributed by atoms with van der Waals surface area (Å²) < 4.78 is 57.1. The summed E-state index contributed by atoms with van der Waals surface area (Å²) in [5.41, 5.74) is 0.706. The largest absolute Gasteiger partial charge is 0.403 e. The molecule has 0 aliphatic rings. The number of aromatic nitrogens is 2. The van der Waals surface area contributed by atoms with Gasteiger partial charge in [0.05, 0.1) is 15.0 Å². The first-order valence-electron chi connectivity index (χ1n) is 11.6. The van der Waals surface area contributed by atoms with Crippen molar-refractivity contribution in [2.24, 2.45) is 0 Å². The summed E-state index contributed by atoms with van der Waals surface area (Å²) in [5, 5.41) is 9.64. The number of nitrogens with one attached hydrogen (secondary N) is 1. The molecule has 0 bridgehead atoms. The number of hydrogen-bond acceptors (Lipinski definition) is 8. The minimum Gasteiger partial charge on any atom is -0.403 e. The summed E-state index contributed by atoms with van der Waals surface area (Å²) in [6.45, 7) is 7.80. The Bertz CT molecular complexity index is 1400. The van der Waals surface area contributed by atoms with Crippen LogP contribution in [0.3, 0.4) is 0 Å². The SMILES string of the molecule is CCCCN(CC)S(=O)(=O)c1ccc(C(=O)Nc2nnc(-c3ccc(S(=O)(=O)C(C)C)cc3)o2)cc1. The monoisotopic (exact) mass is 534 g/mol. The van der Waals surface area contributed by atoms with Crippen molar-refractivity contribution in [3.8, 4) is 11.5 Å². The Labute approximate surface area is 211 Å². The van der Waals surface area contributed by atoms with E-state index in [-0.39, 0.29) is 27.3 Å². The number of unbranched alkanes of at least 4 members (excludes halogenated alkanes) is 1. The zero-order valence-corrected chi connectivity index (χ0v) is 22.3. The van der Waals surface area contributed by atoms with Crippen LogP contribution in [-0.4, -0.2) is 55.6 Å². The highest BCUT2D eigenvalue weighted by Crippen LogP contribution is 2.24. The van der Waals surface area contributed by atoms with E-state index in [4.69, 9.17) is 4.42 Å². The number of amides is 1. The van der Waals surface area contributed by atoms with Crippen molar-refractivity contribution in [3.05, 3.63) is 54.1 Å². The summed E-state index contributed by atoms with van der Waals surface area (Å²) in [6.07, 6.45) is 1.65. The summed E-state index contributed by atoms with van der Waals surface area (Å²) in [4.78, 5) is 12.9. The zero-order chi connectivity index (χ0) is 26.5. The third kappa shape index (κ3) is 6.00. The smallest absolute Gasteiger partial charge is 0.322 e. The van der Waals surface area contributed by atoms with E-state index in [9.17, 15) is 21.6 Å². The molecule has 2 aromatic carbocycles. The van der Waals surface area contributed by atoms with Gasteiger partial charge in [0, 0.05) is 24.2 Å². The Morgan fingerprint density at radius 2 is 1.56 bits per heavy atom. The van der Waals surface area contributed by atoms with Crippen molar-refractivity contribution < 1.29 is 26.0 Å². The number of rotatable bonds is 11. The molecule has 3 rings (SSSR count). The summed E-state index contributed by atoms with van der Waals surface area (Å²) in [7, 11) is -7.05. The molecule has 0 fully saturated rings. The van der Waals surface area contributed by atoms with Gasteiger partial charge in [0.1, 0.15) is 0 Å². The fraction of sp³-hybridized carbons (Fsp3) is 0.375. The fourth-order valence-electron chi connectivity index (χ4n) is 3.33. The van der Waals surface area contributed by atoms with Crippen LogP contribution in [0.5, 0.6) is 0 Å². The Kier molecular flexibility index (Phi) is 8.64. The van der Waals surface area contributed by atoms with E-state index in [1.807, 2.05) is 6.92 Å². The first kappa shape index (κ1) is 27.5. The molecule has 0 aliphatic heterocycles. The molecule has 194 valence electrons. The molecule has 12 heteroatoms. The van der Waals surface area contributed by atoms with Gasteiger partial charge in [0.15, 0.2) is 9.84 Å². The lowest BCUT2D eigenvalue weighted by Crippen LogP contribution is -2.31. The molecule has 0 aliphatic carbocycles. The highest BCUT2D eigenvalue weighted by atomic mass is 32.2. The van der Waals surface area contributed by atoms with Crippen LogP contribution < -0.4 is 5.32 Å². The Balaban J connectivity index is 1.70. The predicted octanol–water partition coefficient (Wildman–Crippen LogP) is 3.98. The highest BCUT2D eigenvalue weighted by molar-refractivity contribution is 7.92. The Morgan fingerprint density at radius 3 is 2.11 bits per heavy atom. The first-order chi connectivity index (χ1) is 17.0. The second-order valence-electron chi connectivity index (χ2n) is 8.36. The average Bonchev–Trinajstić information content (AvgIpc) is 3.33. The van der Waals surface area contributed by atoms with Crippen molar-refractivity contribution >= 4 is 31.8 Å². The zero-order valence-electron chi connectivity index (χ0n) is 20.6. The lowest BCUT2D eigenvalue weighted by atomic mass is 10.2. The van der Waals surface area contributed by atoms with Crippen molar-refractivity contribution in [1.82, 2.24) is 14.5 Å². The number of hydrogen-bond donors (Lipinski definition) is 1. The molecule has 0 saturated heterocycles. The first-order valence-corrected chi connectivity index (χ1v) is 14.6. The third-order valence-electron chi connectivity index (χ3n) is 5.56. The van der Waals surface area contributed by atoms with Gasteiger partial charge in [-0.2, -0.15) is 4.31 Å². The second kappa shape index (κ2) is 11.3. The average molecular weight is 535 g/mol. The molecular formula is C24H30N4O6S2. The quantitative estimate of drug-likeness (QED) is 0.390. The lowest BCUT2D eigenvalue weighted by molar-refractivity contribution is 0.102. The topological polar surface area (TPSA) is 140 Å². The third-order valence-corrected chi connectivity index (χ3v) is 9.72. The summed E-state index contributed by atoms with van der Waals surface area (Å²) in [5.74, 6) is -0.446. The van der Waals surface area contributed by atoms with Crippen molar-refractivity contribution in [1.29, 1.82) is 0 Å². The maximum absolute atomic E-state index is 12.8. The summed E-state index contributed by atoms with van der Waals surface area (Å²) >= 11 is 0. The van der Waals surface area contributed by atoms with Crippen LogP contribution in [0.25, 0.3) is 11.5 Å². The van der Waals surface area contributed by atoms with Gasteiger partial charge in [-0.15, -0.1) is 5.10 Å². The molecule has 10 nitrogen and oxygen atoms in total. The molecule has 1 aromatic heterocycles. The van der Waals surface area contributed by atoms with Gasteiger partial charge >= 0.3 is 6.01 Å². The lowest BCUT2D eigenvalue weighted by Gasteiger charge is -2.20. The predicted molar refractivity (Wildman–Crippen MR) is 136 cm³/mol. The minimum atomic E-state index is -3.65. The van der Waals surface area contributed by atoms with Crippen LogP contribution in [0.1, 0.15) is 50.9 Å². The molecule has 1 amide bonds. The van der Waals surface area contributed by atoms with E-state index in [1.54, 1.807) is 32.9 Å². The van der Waals surface area contributed by atoms with Gasteiger partial charge < -0.3 is 4.42 Å². The number of carbonyl (C=O) groups excluding carboxylic acids is 1. The molecule has 0 radical (unpaired) electrons. The number of carbonyl (C=O) groups is 1. The van der Waals surface area contributed by atoms with Crippen LogP contribution in [0.15, 0.2) is 62.7 Å². The fourth-order valence-corrected chi connectivity index (χ4v) is 5.88. The van der Waals surface area contributed by atoms with Gasteiger partial charge in [-0.25, -0.2) is 16.8 Å². The van der Waals surface area contributed by atoms with E-state index >= 15 is 0 Å². The molecular weight excluding hydrogens is 504 g/mol. The number of sulfone groups is 1. The van der Waals surface area contributed by atoms with Crippen molar-refractivity contribution in [2.75, 3.05) is 18.4 Å². The second-order valence-corrected chi connectivity index (χ2v) is 12.8. The van der Waals surface area contributed by atoms with E-state index in [2.05, 4.69) is 15.5 Å². The van der Waals surface area contributed by atoms with Gasteiger partial charge in [-0.3, -0.25) is 10.1 Å². The summed E-state index contributed by atoms with van der Waals surface area (Å²) in [6, 6.07) is 11.5. The Morgan fingerprint density at radius 1 is 0.944 bits per heavy atom. The van der Waals surface area contributed by atoms with E-state index in [1.165, 1.54) is 40.7 Å². The molecule has 0 atom stereocenters. The van der Waals surface area contributed by atoms with Gasteiger partial charge in [-0.1, -0.05) is 25.4 Å². The molecule has 1 N–H and O–H groups in total. The molecule has 36 heavy (non-hydrogen) atoms. The van der Waals surface area contributed by atoms with E-state index < -0.39 is 31.0 Å². The van der Waals surface area contributed by atoms with E-state index in [0.29, 0.717) is 18.7 Å². The van der Waals surface area contributed by atoms with Gasteiger partial charge in [-0.05, 0) is 68.8 Å². The molecule has 1 heterocycles. The minimum absolute atomic E-state index is 0.104. The normalized spacial score (nSPS) is 12.3. The highest BCUT2D eigenvalue weighted by Gasteiger charge is 2.23. The number of nitrogens with zero attached hydrogens (tertiary/aromatic N) is 3.